The van der Waals surface area contributed by atoms with Crippen LogP contribution in [0.25, 0.3) is 0 Å². The topological polar surface area (TPSA) is 21.7 Å². The van der Waals surface area contributed by atoms with E-state index in [1.165, 1.54) is 32.1 Å². The molecule has 3 aliphatic heterocycles. The van der Waals surface area contributed by atoms with Gasteiger partial charge in [0.05, 0.1) is 5.69 Å². The van der Waals surface area contributed by atoms with E-state index in [-0.39, 0.29) is 6.71 Å². The molecule has 0 bridgehead atoms. The maximum Gasteiger partial charge on any atom is 0.260 e. The minimum Gasteiger partial charge on any atom is -0.458 e. The summed E-state index contributed by atoms with van der Waals surface area (Å²) in [6, 6.07) is 61.5. The van der Waals surface area contributed by atoms with E-state index in [1.54, 1.807) is 0 Å². The van der Waals surface area contributed by atoms with Gasteiger partial charge in [0.15, 0.2) is 0 Å². The molecule has 5 heteroatoms. The Kier molecular flexibility index (Phi) is 5.69. The molecule has 0 radical (unpaired) electrons. The van der Waals surface area contributed by atoms with Crippen LogP contribution in [0.3, 0.4) is 0 Å². The first-order valence-corrected chi connectivity index (χ1v) is 18.1. The van der Waals surface area contributed by atoms with E-state index < -0.39 is 8.07 Å². The summed E-state index contributed by atoms with van der Waals surface area (Å²) in [4.78, 5) is 2.45. The smallest absolute Gasteiger partial charge is 0.260 e. The average Bonchev–Trinajstić information content (AvgIpc) is 3.14. The Labute approximate surface area is 275 Å². The van der Waals surface area contributed by atoms with Crippen molar-refractivity contribution in [3.8, 4) is 23.0 Å². The van der Waals surface area contributed by atoms with Gasteiger partial charge in [0.2, 0.25) is 0 Å². The van der Waals surface area contributed by atoms with Gasteiger partial charge in [0.25, 0.3) is 6.71 Å². The molecule has 0 spiro atoms. The van der Waals surface area contributed by atoms with Gasteiger partial charge in [0, 0.05) is 16.8 Å². The predicted octanol–water partition coefficient (Wildman–Crippen LogP) is 5.57. The largest absolute Gasteiger partial charge is 0.458 e. The summed E-state index contributed by atoms with van der Waals surface area (Å²) in [5, 5.41) is 5.47. The minimum absolute atomic E-state index is 0.00670. The Morgan fingerprint density at radius 2 is 0.894 bits per heavy atom. The van der Waals surface area contributed by atoms with E-state index in [1.807, 2.05) is 12.1 Å². The predicted molar refractivity (Wildman–Crippen MR) is 196 cm³/mol. The fourth-order valence-corrected chi connectivity index (χ4v) is 13.3. The second-order valence-corrected chi connectivity index (χ2v) is 16.1. The van der Waals surface area contributed by atoms with E-state index >= 15 is 0 Å². The van der Waals surface area contributed by atoms with Gasteiger partial charge in [-0.2, -0.15) is 10.4 Å². The zero-order chi connectivity index (χ0) is 31.0. The van der Waals surface area contributed by atoms with Crippen LogP contribution in [0.4, 0.5) is 17.1 Å². The third kappa shape index (κ3) is 3.63. The van der Waals surface area contributed by atoms with Crippen LogP contribution >= 0.6 is 0 Å². The van der Waals surface area contributed by atoms with Gasteiger partial charge in [-0.05, 0) is 55.4 Å². The highest BCUT2D eigenvalue weighted by Crippen LogP contribution is 2.45. The first-order valence-electron chi connectivity index (χ1n) is 16.1. The van der Waals surface area contributed by atoms with Crippen molar-refractivity contribution in [2.24, 2.45) is 0 Å². The molecule has 0 aliphatic carbocycles. The number of hydrogen-bond donors (Lipinski definition) is 0. The van der Waals surface area contributed by atoms with Crippen LogP contribution in [0.2, 0.25) is 0 Å². The third-order valence-corrected chi connectivity index (χ3v) is 14.9. The Bertz CT molecular complexity index is 2250. The quantitative estimate of drug-likeness (QED) is 0.242. The van der Waals surface area contributed by atoms with Gasteiger partial charge >= 0.3 is 0 Å². The molecular weight excluding hydrogens is 589 g/mol. The number of ether oxygens (including phenoxy) is 2. The van der Waals surface area contributed by atoms with Crippen LogP contribution in [-0.4, -0.2) is 14.8 Å². The van der Waals surface area contributed by atoms with Crippen LogP contribution in [0.1, 0.15) is 0 Å². The SMILES string of the molecule is c1ccc([Si-]2(c3ccccc3)c3ccccc3N(c3cccc4c3Oc3cccc5c3B4c3ccccc3O5)c3ccccc32)cc1. The Morgan fingerprint density at radius 3 is 1.57 bits per heavy atom. The van der Waals surface area contributed by atoms with E-state index in [0.717, 1.165) is 45.1 Å². The standard InChI is InChI=1S/C42H28BNO2Si/c1-3-15-29(16-4-1)47(30-17-5-2-6-18-30)39-27-11-8-21-33(39)44(34-22-9-12-28-40(34)47)35-23-13-20-32-42(35)46-38-26-14-25-37-41(38)43(32)31-19-7-10-24-36(31)45-37/h1-28H/q-1. The van der Waals surface area contributed by atoms with Gasteiger partial charge in [0.1, 0.15) is 23.0 Å². The molecule has 0 aromatic heterocycles. The van der Waals surface area contributed by atoms with E-state index in [2.05, 4.69) is 163 Å². The maximum absolute atomic E-state index is 6.96. The number of para-hydroxylation sites is 4. The molecule has 47 heavy (non-hydrogen) atoms. The van der Waals surface area contributed by atoms with Crippen LogP contribution in [0.5, 0.6) is 23.0 Å². The number of anilines is 3. The summed E-state index contributed by atoms with van der Waals surface area (Å²) < 4.78 is 13.4. The first-order chi connectivity index (χ1) is 23.3. The molecule has 221 valence electrons. The van der Waals surface area contributed by atoms with Crippen molar-refractivity contribution in [3.05, 3.63) is 170 Å². The number of hydrogen-bond acceptors (Lipinski definition) is 3. The second kappa shape index (κ2) is 10.1. The summed E-state index contributed by atoms with van der Waals surface area (Å²) in [5.74, 6) is 3.49. The van der Waals surface area contributed by atoms with Gasteiger partial charge in [-0.3, -0.25) is 0 Å². The minimum atomic E-state index is -2.71. The van der Waals surface area contributed by atoms with E-state index in [9.17, 15) is 0 Å². The van der Waals surface area contributed by atoms with Crippen LogP contribution in [0.15, 0.2) is 170 Å². The lowest BCUT2D eigenvalue weighted by molar-refractivity contribution is 0.465. The second-order valence-electron chi connectivity index (χ2n) is 12.4. The van der Waals surface area contributed by atoms with E-state index in [4.69, 9.17) is 9.47 Å². The fourth-order valence-electron chi connectivity index (χ4n) is 8.23. The molecule has 0 saturated heterocycles. The van der Waals surface area contributed by atoms with Crippen LogP contribution in [-0.2, 0) is 0 Å². The van der Waals surface area contributed by atoms with Gasteiger partial charge in [-0.15, -0.1) is 10.4 Å². The fraction of sp³-hybridized carbons (Fsp3) is 0. The number of nitrogens with zero attached hydrogens (tertiary/aromatic N) is 1. The molecule has 0 saturated carbocycles. The summed E-state index contributed by atoms with van der Waals surface area (Å²) >= 11 is 0. The lowest BCUT2D eigenvalue weighted by atomic mass is 9.35. The van der Waals surface area contributed by atoms with Crippen LogP contribution in [0, 0.1) is 0 Å². The molecule has 7 aromatic carbocycles. The third-order valence-electron chi connectivity index (χ3n) is 10.1. The van der Waals surface area contributed by atoms with Crippen molar-refractivity contribution in [3.63, 3.8) is 0 Å². The van der Waals surface area contributed by atoms with Crippen molar-refractivity contribution in [1.29, 1.82) is 0 Å². The van der Waals surface area contributed by atoms with Crippen molar-refractivity contribution < 1.29 is 9.47 Å². The zero-order valence-corrected chi connectivity index (χ0v) is 26.5. The van der Waals surface area contributed by atoms with Crippen LogP contribution < -0.4 is 51.5 Å². The molecular formula is C42H28BNO2Si-. The molecule has 0 N–H and O–H groups in total. The zero-order valence-electron chi connectivity index (χ0n) is 25.5. The summed E-state index contributed by atoms with van der Waals surface area (Å²) in [6.45, 7) is 0.00670. The normalized spacial score (nSPS) is 14.4. The lowest BCUT2D eigenvalue weighted by Crippen LogP contribution is -2.77. The van der Waals surface area contributed by atoms with E-state index in [0.29, 0.717) is 0 Å². The van der Waals surface area contributed by atoms with Crippen molar-refractivity contribution in [1.82, 2.24) is 0 Å². The van der Waals surface area contributed by atoms with Crippen molar-refractivity contribution >= 4 is 69.0 Å². The molecule has 3 nitrogen and oxygen atoms in total. The van der Waals surface area contributed by atoms with Gasteiger partial charge in [-0.25, -0.2) is 0 Å². The highest BCUT2D eigenvalue weighted by molar-refractivity contribution is 7.21. The molecule has 7 aromatic rings. The lowest BCUT2D eigenvalue weighted by Gasteiger charge is -2.54. The molecule has 0 unspecified atom stereocenters. The highest BCUT2D eigenvalue weighted by atomic mass is 28.3. The monoisotopic (exact) mass is 617 g/mol. The summed E-state index contributed by atoms with van der Waals surface area (Å²) in [7, 11) is -2.71. The number of fused-ring (bicyclic) bond motifs is 6. The molecule has 0 fully saturated rings. The van der Waals surface area contributed by atoms with Crippen molar-refractivity contribution in [2.45, 2.75) is 0 Å². The molecule has 3 heterocycles. The average molecular weight is 618 g/mol. The van der Waals surface area contributed by atoms with Crippen molar-refractivity contribution in [2.75, 3.05) is 4.90 Å². The molecule has 0 amide bonds. The molecule has 3 aliphatic rings. The Morgan fingerprint density at radius 1 is 0.404 bits per heavy atom. The Balaban J connectivity index is 1.26. The molecule has 0 atom stereocenters. The number of benzene rings is 7. The summed E-state index contributed by atoms with van der Waals surface area (Å²) in [5.41, 5.74) is 6.81. The summed E-state index contributed by atoms with van der Waals surface area (Å²) in [6.07, 6.45) is 0. The first kappa shape index (κ1) is 26.4. The Hall–Kier alpha value is -5.78. The number of rotatable bonds is 3. The van der Waals surface area contributed by atoms with Gasteiger partial charge < -0.3 is 14.4 Å². The maximum atomic E-state index is 6.96. The molecule has 10 rings (SSSR count). The highest BCUT2D eigenvalue weighted by Gasteiger charge is 2.43. The van der Waals surface area contributed by atoms with Gasteiger partial charge in [-0.1, -0.05) is 133 Å².